The number of allylic oxidation sites excluding steroid dienone is 1. The Labute approximate surface area is 194 Å². The molecule has 1 fully saturated rings. The Balaban J connectivity index is 1.50. The molecule has 1 saturated heterocycles. The molecule has 1 heterocycles. The van der Waals surface area contributed by atoms with Gasteiger partial charge < -0.3 is 4.90 Å². The average Bonchev–Trinajstić information content (AvgIpc) is 2.84. The van der Waals surface area contributed by atoms with Gasteiger partial charge in [0.05, 0.1) is 0 Å². The van der Waals surface area contributed by atoms with Crippen LogP contribution in [0.3, 0.4) is 0 Å². The molecule has 1 atom stereocenters. The number of likely N-dealkylation sites (tertiary alicyclic amines) is 1. The molecule has 0 N–H and O–H groups in total. The van der Waals surface area contributed by atoms with Crippen LogP contribution in [0.25, 0.3) is 16.8 Å². The summed E-state index contributed by atoms with van der Waals surface area (Å²) in [5.74, 6) is 0.546. The third-order valence-electron chi connectivity index (χ3n) is 6.74. The fourth-order valence-electron chi connectivity index (χ4n) is 4.74. The molecule has 1 unspecified atom stereocenters. The fourth-order valence-corrected chi connectivity index (χ4v) is 4.74. The average molecular weight is 422 g/mol. The van der Waals surface area contributed by atoms with Crippen molar-refractivity contribution < 1.29 is 0 Å². The summed E-state index contributed by atoms with van der Waals surface area (Å²) >= 11 is 0. The van der Waals surface area contributed by atoms with Gasteiger partial charge in [0.2, 0.25) is 0 Å². The van der Waals surface area contributed by atoms with Crippen LogP contribution in [0.15, 0.2) is 98.1 Å². The summed E-state index contributed by atoms with van der Waals surface area (Å²) in [6, 6.07) is 28.6. The highest BCUT2D eigenvalue weighted by atomic mass is 15.1. The van der Waals surface area contributed by atoms with Crippen molar-refractivity contribution in [3.8, 4) is 11.1 Å². The van der Waals surface area contributed by atoms with E-state index in [1.165, 1.54) is 40.7 Å². The minimum absolute atomic E-state index is 0.120. The second-order valence-corrected chi connectivity index (χ2v) is 9.79. The van der Waals surface area contributed by atoms with Gasteiger partial charge in [0, 0.05) is 24.7 Å². The summed E-state index contributed by atoms with van der Waals surface area (Å²) in [6.07, 6.45) is 5.53. The zero-order valence-corrected chi connectivity index (χ0v) is 19.6. The summed E-state index contributed by atoms with van der Waals surface area (Å²) < 4.78 is 0. The molecule has 1 nitrogen and oxygen atoms in total. The number of rotatable bonds is 7. The van der Waals surface area contributed by atoms with Crippen LogP contribution in [0.2, 0.25) is 0 Å². The lowest BCUT2D eigenvalue weighted by atomic mass is 9.83. The van der Waals surface area contributed by atoms with Crippen molar-refractivity contribution in [1.82, 2.24) is 4.90 Å². The number of benzene rings is 3. The Kier molecular flexibility index (Phi) is 6.65. The quantitative estimate of drug-likeness (QED) is 0.350. The smallest absolute Gasteiger partial charge is 0.0367 e. The van der Waals surface area contributed by atoms with Crippen LogP contribution in [0.5, 0.6) is 0 Å². The molecular weight excluding hydrogens is 386 g/mol. The highest BCUT2D eigenvalue weighted by Gasteiger charge is 2.23. The predicted molar refractivity (Wildman–Crippen MR) is 139 cm³/mol. The van der Waals surface area contributed by atoms with Gasteiger partial charge in [-0.25, -0.2) is 0 Å². The monoisotopic (exact) mass is 421 g/mol. The second kappa shape index (κ2) is 9.61. The van der Waals surface area contributed by atoms with Gasteiger partial charge in [-0.15, -0.1) is 6.58 Å². The van der Waals surface area contributed by atoms with Crippen molar-refractivity contribution in [3.63, 3.8) is 0 Å². The standard InChI is InChI=1S/C31H35N/c1-5-31(3,4)22-25-12-9-16-28(20-25)30-18-11-19-32(23-30)24(2)27-15-10-17-29(21-27)26-13-7-6-8-14-26/h5-10,12-17,20-21,30H,1-2,11,18-19,22-23H2,3-4H3. The molecule has 1 aliphatic heterocycles. The van der Waals surface area contributed by atoms with Gasteiger partial charge in [-0.3, -0.25) is 0 Å². The molecule has 3 aromatic rings. The summed E-state index contributed by atoms with van der Waals surface area (Å²) in [5.41, 5.74) is 7.82. The lowest BCUT2D eigenvalue weighted by Crippen LogP contribution is -2.32. The maximum absolute atomic E-state index is 4.50. The first kappa shape index (κ1) is 22.1. The highest BCUT2D eigenvalue weighted by Crippen LogP contribution is 2.33. The Bertz CT molecular complexity index is 1080. The van der Waals surface area contributed by atoms with Crippen LogP contribution in [0.4, 0.5) is 0 Å². The first-order valence-corrected chi connectivity index (χ1v) is 11.8. The molecule has 1 aliphatic rings. The molecule has 164 valence electrons. The van der Waals surface area contributed by atoms with Crippen LogP contribution in [-0.4, -0.2) is 18.0 Å². The number of piperidine rings is 1. The molecule has 32 heavy (non-hydrogen) atoms. The summed E-state index contributed by atoms with van der Waals surface area (Å²) in [4.78, 5) is 2.48. The lowest BCUT2D eigenvalue weighted by Gasteiger charge is -2.36. The van der Waals surface area contributed by atoms with Gasteiger partial charge in [0.1, 0.15) is 0 Å². The van der Waals surface area contributed by atoms with Crippen molar-refractivity contribution in [2.75, 3.05) is 13.1 Å². The van der Waals surface area contributed by atoms with E-state index >= 15 is 0 Å². The summed E-state index contributed by atoms with van der Waals surface area (Å²) in [6.45, 7) is 15.1. The van der Waals surface area contributed by atoms with E-state index in [1.54, 1.807) is 0 Å². The predicted octanol–water partition coefficient (Wildman–Crippen LogP) is 7.96. The molecule has 1 heteroatoms. The van der Waals surface area contributed by atoms with Crippen LogP contribution in [0.1, 0.15) is 49.3 Å². The zero-order chi connectivity index (χ0) is 22.6. The third kappa shape index (κ3) is 5.22. The van der Waals surface area contributed by atoms with E-state index in [4.69, 9.17) is 0 Å². The first-order chi connectivity index (χ1) is 15.4. The molecule has 0 radical (unpaired) electrons. The molecule has 0 bridgehead atoms. The van der Waals surface area contributed by atoms with Crippen molar-refractivity contribution in [2.24, 2.45) is 5.41 Å². The van der Waals surface area contributed by atoms with Crippen LogP contribution < -0.4 is 0 Å². The molecule has 0 saturated carbocycles. The second-order valence-electron chi connectivity index (χ2n) is 9.79. The van der Waals surface area contributed by atoms with Crippen molar-refractivity contribution in [2.45, 2.75) is 39.0 Å². The molecule has 4 rings (SSSR count). The maximum Gasteiger partial charge on any atom is 0.0367 e. The lowest BCUT2D eigenvalue weighted by molar-refractivity contribution is 0.295. The van der Waals surface area contributed by atoms with E-state index in [-0.39, 0.29) is 5.41 Å². The van der Waals surface area contributed by atoms with Gasteiger partial charge in [0.25, 0.3) is 0 Å². The van der Waals surface area contributed by atoms with Crippen LogP contribution in [0, 0.1) is 5.41 Å². The largest absolute Gasteiger partial charge is 0.371 e. The normalized spacial score (nSPS) is 16.6. The zero-order valence-electron chi connectivity index (χ0n) is 19.6. The molecule has 3 aromatic carbocycles. The van der Waals surface area contributed by atoms with E-state index < -0.39 is 0 Å². The number of nitrogens with zero attached hydrogens (tertiary/aromatic N) is 1. The van der Waals surface area contributed by atoms with Crippen molar-refractivity contribution >= 4 is 5.70 Å². The van der Waals surface area contributed by atoms with E-state index in [0.29, 0.717) is 5.92 Å². The van der Waals surface area contributed by atoms with Gasteiger partial charge in [-0.05, 0) is 58.6 Å². The Hall–Kier alpha value is -3.06. The van der Waals surface area contributed by atoms with Gasteiger partial charge in [0.15, 0.2) is 0 Å². The molecule has 0 spiro atoms. The molecule has 0 aliphatic carbocycles. The maximum atomic E-state index is 4.50. The first-order valence-electron chi connectivity index (χ1n) is 11.8. The van der Waals surface area contributed by atoms with E-state index in [0.717, 1.165) is 25.2 Å². The van der Waals surface area contributed by atoms with Crippen LogP contribution in [-0.2, 0) is 6.42 Å². The Morgan fingerprint density at radius 1 is 0.969 bits per heavy atom. The van der Waals surface area contributed by atoms with Gasteiger partial charge >= 0.3 is 0 Å². The van der Waals surface area contributed by atoms with Crippen molar-refractivity contribution in [1.29, 1.82) is 0 Å². The number of hydrogen-bond acceptors (Lipinski definition) is 1. The van der Waals surface area contributed by atoms with E-state index in [2.05, 4.69) is 117 Å². The Morgan fingerprint density at radius 3 is 2.50 bits per heavy atom. The minimum atomic E-state index is 0.120. The van der Waals surface area contributed by atoms with Crippen LogP contribution >= 0.6 is 0 Å². The topological polar surface area (TPSA) is 3.24 Å². The van der Waals surface area contributed by atoms with Gasteiger partial charge in [-0.1, -0.05) is 99.3 Å². The Morgan fingerprint density at radius 2 is 1.72 bits per heavy atom. The van der Waals surface area contributed by atoms with E-state index in [9.17, 15) is 0 Å². The van der Waals surface area contributed by atoms with Crippen molar-refractivity contribution in [3.05, 3.63) is 115 Å². The SMILES string of the molecule is C=CC(C)(C)Cc1cccc(C2CCCN(C(=C)c3cccc(-c4ccccc4)c3)C2)c1. The minimum Gasteiger partial charge on any atom is -0.371 e. The third-order valence-corrected chi connectivity index (χ3v) is 6.74. The summed E-state index contributed by atoms with van der Waals surface area (Å²) in [5, 5.41) is 0. The highest BCUT2D eigenvalue weighted by molar-refractivity contribution is 5.71. The molecular formula is C31H35N. The molecule has 0 aromatic heterocycles. The number of hydrogen-bond donors (Lipinski definition) is 0. The van der Waals surface area contributed by atoms with E-state index in [1.807, 2.05) is 0 Å². The molecule has 0 amide bonds. The fraction of sp³-hybridized carbons (Fsp3) is 0.290. The summed E-state index contributed by atoms with van der Waals surface area (Å²) in [7, 11) is 0. The van der Waals surface area contributed by atoms with Gasteiger partial charge in [-0.2, -0.15) is 0 Å².